The molecular formula is C23H37N3O4. The molecule has 1 atom stereocenters. The van der Waals surface area contributed by atoms with Crippen LogP contribution in [-0.4, -0.2) is 83.9 Å². The second-order valence-electron chi connectivity index (χ2n) is 9.79. The van der Waals surface area contributed by atoms with Crippen LogP contribution in [0.15, 0.2) is 0 Å². The van der Waals surface area contributed by atoms with E-state index in [1.54, 1.807) is 6.92 Å². The minimum atomic E-state index is -0.150. The Kier molecular flexibility index (Phi) is 6.66. The fourth-order valence-corrected chi connectivity index (χ4v) is 5.83. The SMILES string of the molecule is CC(=O)N1CCC(C(=O)N2CCC3(CC2)CC(CC(=O)N2CCCC2)CCO3)CC1. The molecule has 3 amide bonds. The first kappa shape index (κ1) is 21.6. The Hall–Kier alpha value is -1.63. The summed E-state index contributed by atoms with van der Waals surface area (Å²) in [4.78, 5) is 43.0. The van der Waals surface area contributed by atoms with Crippen molar-refractivity contribution in [2.45, 2.75) is 70.3 Å². The number of carbonyl (C=O) groups is 3. The summed E-state index contributed by atoms with van der Waals surface area (Å²) < 4.78 is 6.25. The average Bonchev–Trinajstić information content (AvgIpc) is 3.29. The van der Waals surface area contributed by atoms with Crippen LogP contribution < -0.4 is 0 Å². The zero-order chi connectivity index (χ0) is 21.1. The molecule has 30 heavy (non-hydrogen) atoms. The molecule has 0 saturated carbocycles. The number of carbonyl (C=O) groups excluding carboxylic acids is 3. The highest BCUT2D eigenvalue weighted by molar-refractivity contribution is 5.80. The molecule has 0 aromatic rings. The number of rotatable bonds is 3. The first-order valence-electron chi connectivity index (χ1n) is 11.9. The van der Waals surface area contributed by atoms with Crippen LogP contribution in [-0.2, 0) is 19.1 Å². The highest BCUT2D eigenvalue weighted by atomic mass is 16.5. The summed E-state index contributed by atoms with van der Waals surface area (Å²) in [6.45, 7) is 7.07. The van der Waals surface area contributed by atoms with Gasteiger partial charge in [-0.15, -0.1) is 0 Å². The summed E-state index contributed by atoms with van der Waals surface area (Å²) in [7, 11) is 0. The number of piperidine rings is 2. The highest BCUT2D eigenvalue weighted by Crippen LogP contribution is 2.39. The molecule has 7 heteroatoms. The van der Waals surface area contributed by atoms with E-state index < -0.39 is 0 Å². The van der Waals surface area contributed by atoms with E-state index in [0.29, 0.717) is 31.3 Å². The van der Waals surface area contributed by atoms with Crippen LogP contribution in [0.4, 0.5) is 0 Å². The van der Waals surface area contributed by atoms with Crippen LogP contribution in [0.2, 0.25) is 0 Å². The van der Waals surface area contributed by atoms with E-state index in [2.05, 4.69) is 0 Å². The number of amides is 3. The highest BCUT2D eigenvalue weighted by Gasteiger charge is 2.42. The lowest BCUT2D eigenvalue weighted by atomic mass is 9.78. The molecule has 0 N–H and O–H groups in total. The van der Waals surface area contributed by atoms with Crippen molar-refractivity contribution in [2.24, 2.45) is 11.8 Å². The molecule has 4 heterocycles. The predicted octanol–water partition coefficient (Wildman–Crippen LogP) is 2.05. The molecule has 4 fully saturated rings. The maximum absolute atomic E-state index is 13.0. The van der Waals surface area contributed by atoms with Gasteiger partial charge in [0.1, 0.15) is 0 Å². The van der Waals surface area contributed by atoms with Crippen LogP contribution in [0.3, 0.4) is 0 Å². The molecule has 168 valence electrons. The maximum atomic E-state index is 13.0. The van der Waals surface area contributed by atoms with Crippen LogP contribution in [0.5, 0.6) is 0 Å². The maximum Gasteiger partial charge on any atom is 0.225 e. The van der Waals surface area contributed by atoms with Gasteiger partial charge >= 0.3 is 0 Å². The number of ether oxygens (including phenoxy) is 1. The quantitative estimate of drug-likeness (QED) is 0.702. The molecule has 4 aliphatic rings. The number of likely N-dealkylation sites (tertiary alicyclic amines) is 3. The summed E-state index contributed by atoms with van der Waals surface area (Å²) in [5, 5.41) is 0. The molecule has 7 nitrogen and oxygen atoms in total. The Morgan fingerprint density at radius 2 is 1.53 bits per heavy atom. The lowest BCUT2D eigenvalue weighted by molar-refractivity contribution is -0.154. The van der Waals surface area contributed by atoms with Gasteiger partial charge in [0.15, 0.2) is 0 Å². The summed E-state index contributed by atoms with van der Waals surface area (Å²) in [5.41, 5.74) is -0.150. The van der Waals surface area contributed by atoms with E-state index in [4.69, 9.17) is 4.74 Å². The van der Waals surface area contributed by atoms with E-state index in [9.17, 15) is 14.4 Å². The predicted molar refractivity (Wildman–Crippen MR) is 113 cm³/mol. The van der Waals surface area contributed by atoms with Gasteiger partial charge in [-0.1, -0.05) is 0 Å². The molecule has 4 saturated heterocycles. The molecule has 1 unspecified atom stereocenters. The van der Waals surface area contributed by atoms with E-state index in [1.807, 2.05) is 14.7 Å². The summed E-state index contributed by atoms with van der Waals surface area (Å²) >= 11 is 0. The molecule has 4 rings (SSSR count). The second kappa shape index (κ2) is 9.25. The molecular weight excluding hydrogens is 382 g/mol. The lowest BCUT2D eigenvalue weighted by Crippen LogP contribution is -2.53. The van der Waals surface area contributed by atoms with E-state index >= 15 is 0 Å². The molecule has 1 spiro atoms. The molecule has 0 aliphatic carbocycles. The van der Waals surface area contributed by atoms with Crippen LogP contribution in [0.1, 0.15) is 64.7 Å². The van der Waals surface area contributed by atoms with E-state index in [-0.39, 0.29) is 23.3 Å². The van der Waals surface area contributed by atoms with Crippen LogP contribution >= 0.6 is 0 Å². The smallest absolute Gasteiger partial charge is 0.225 e. The summed E-state index contributed by atoms with van der Waals surface area (Å²) in [5.74, 6) is 1.13. The van der Waals surface area contributed by atoms with Gasteiger partial charge in [0.05, 0.1) is 5.60 Å². The monoisotopic (exact) mass is 419 g/mol. The van der Waals surface area contributed by atoms with Gasteiger partial charge in [-0.05, 0) is 57.3 Å². The third-order valence-corrected chi connectivity index (χ3v) is 7.79. The normalized spacial score (nSPS) is 27.5. The molecule has 0 radical (unpaired) electrons. The van der Waals surface area contributed by atoms with Crippen molar-refractivity contribution in [3.05, 3.63) is 0 Å². The minimum Gasteiger partial charge on any atom is -0.375 e. The van der Waals surface area contributed by atoms with Gasteiger partial charge in [0.2, 0.25) is 17.7 Å². The third kappa shape index (κ3) is 4.82. The fraction of sp³-hybridized carbons (Fsp3) is 0.870. The largest absolute Gasteiger partial charge is 0.375 e. The molecule has 0 aromatic carbocycles. The zero-order valence-electron chi connectivity index (χ0n) is 18.4. The molecule has 4 aliphatic heterocycles. The third-order valence-electron chi connectivity index (χ3n) is 7.79. The fourth-order valence-electron chi connectivity index (χ4n) is 5.83. The number of hydrogen-bond acceptors (Lipinski definition) is 4. The van der Waals surface area contributed by atoms with Crippen molar-refractivity contribution in [3.63, 3.8) is 0 Å². The van der Waals surface area contributed by atoms with Gasteiger partial charge in [0, 0.05) is 65.1 Å². The standard InChI is InChI=1S/C23H37N3O4/c1-18(27)24-11-4-20(5-12-24)22(29)26-13-7-23(8-14-26)17-19(6-15-30-23)16-21(28)25-9-2-3-10-25/h19-20H,2-17H2,1H3. The van der Waals surface area contributed by atoms with Crippen molar-refractivity contribution < 1.29 is 19.1 Å². The van der Waals surface area contributed by atoms with Gasteiger partial charge in [-0.3, -0.25) is 14.4 Å². The Morgan fingerprint density at radius 3 is 2.17 bits per heavy atom. The lowest BCUT2D eigenvalue weighted by Gasteiger charge is -2.47. The van der Waals surface area contributed by atoms with Gasteiger partial charge in [-0.2, -0.15) is 0 Å². The van der Waals surface area contributed by atoms with Crippen molar-refractivity contribution in [2.75, 3.05) is 45.9 Å². The topological polar surface area (TPSA) is 70.2 Å². The molecule has 0 bridgehead atoms. The second-order valence-corrected chi connectivity index (χ2v) is 9.79. The van der Waals surface area contributed by atoms with Crippen molar-refractivity contribution in [1.82, 2.24) is 14.7 Å². The first-order valence-corrected chi connectivity index (χ1v) is 11.9. The number of hydrogen-bond donors (Lipinski definition) is 0. The Labute approximate surface area is 180 Å². The number of nitrogens with zero attached hydrogens (tertiary/aromatic N) is 3. The van der Waals surface area contributed by atoms with Crippen molar-refractivity contribution >= 4 is 17.7 Å². The van der Waals surface area contributed by atoms with Gasteiger partial charge in [-0.25, -0.2) is 0 Å². The Balaban J connectivity index is 1.25. The summed E-state index contributed by atoms with van der Waals surface area (Å²) in [6, 6.07) is 0. The van der Waals surface area contributed by atoms with E-state index in [1.165, 1.54) is 0 Å². The zero-order valence-corrected chi connectivity index (χ0v) is 18.4. The average molecular weight is 420 g/mol. The van der Waals surface area contributed by atoms with E-state index in [0.717, 1.165) is 84.2 Å². The summed E-state index contributed by atoms with van der Waals surface area (Å²) in [6.07, 6.45) is 8.16. The Bertz CT molecular complexity index is 645. The van der Waals surface area contributed by atoms with Gasteiger partial charge in [0.25, 0.3) is 0 Å². The first-order chi connectivity index (χ1) is 14.5. The van der Waals surface area contributed by atoms with Gasteiger partial charge < -0.3 is 19.4 Å². The Morgan fingerprint density at radius 1 is 0.867 bits per heavy atom. The molecule has 0 aromatic heterocycles. The minimum absolute atomic E-state index is 0.0488. The van der Waals surface area contributed by atoms with Crippen LogP contribution in [0, 0.1) is 11.8 Å². The van der Waals surface area contributed by atoms with Crippen LogP contribution in [0.25, 0.3) is 0 Å². The van der Waals surface area contributed by atoms with Crippen molar-refractivity contribution in [3.8, 4) is 0 Å². The van der Waals surface area contributed by atoms with Crippen molar-refractivity contribution in [1.29, 1.82) is 0 Å².